The van der Waals surface area contributed by atoms with Crippen molar-refractivity contribution in [2.24, 2.45) is 0 Å². The van der Waals surface area contributed by atoms with E-state index in [2.05, 4.69) is 5.32 Å². The van der Waals surface area contributed by atoms with Crippen molar-refractivity contribution < 1.29 is 17.9 Å². The Bertz CT molecular complexity index is 965. The highest BCUT2D eigenvalue weighted by atomic mass is 32.2. The predicted octanol–water partition coefficient (Wildman–Crippen LogP) is 4.54. The molecule has 6 nitrogen and oxygen atoms in total. The molecule has 1 amide bonds. The number of rotatable bonds is 8. The molecule has 0 saturated heterocycles. The molecule has 2 aromatic carbocycles. The largest absolute Gasteiger partial charge is 0.490 e. The van der Waals surface area contributed by atoms with Crippen LogP contribution in [-0.2, 0) is 14.8 Å². The Morgan fingerprint density at radius 1 is 1.10 bits per heavy atom. The number of para-hydroxylation sites is 1. The van der Waals surface area contributed by atoms with E-state index < -0.39 is 15.9 Å². The van der Waals surface area contributed by atoms with Gasteiger partial charge in [0.2, 0.25) is 15.9 Å². The van der Waals surface area contributed by atoms with E-state index in [1.165, 1.54) is 12.8 Å². The molecule has 1 aliphatic rings. The molecule has 0 spiro atoms. The number of benzene rings is 2. The first-order valence-corrected chi connectivity index (χ1v) is 12.2. The fraction of sp³-hybridized carbons (Fsp3) is 0.435. The molecular formula is C23H30N2O4S. The lowest BCUT2D eigenvalue weighted by Crippen LogP contribution is -2.38. The van der Waals surface area contributed by atoms with Gasteiger partial charge in [0, 0.05) is 5.69 Å². The molecule has 0 radical (unpaired) electrons. The van der Waals surface area contributed by atoms with Crippen LogP contribution in [-0.4, -0.2) is 33.2 Å². The number of nitrogens with one attached hydrogen (secondary N) is 1. The zero-order chi connectivity index (χ0) is 21.7. The second-order valence-corrected chi connectivity index (χ2v) is 9.99. The highest BCUT2D eigenvalue weighted by Gasteiger charge is 2.24. The Balaban J connectivity index is 1.69. The zero-order valence-electron chi connectivity index (χ0n) is 17.8. The molecule has 7 heteroatoms. The Morgan fingerprint density at radius 3 is 2.33 bits per heavy atom. The van der Waals surface area contributed by atoms with Crippen LogP contribution in [0.1, 0.15) is 51.0 Å². The van der Waals surface area contributed by atoms with Crippen LogP contribution >= 0.6 is 0 Å². The van der Waals surface area contributed by atoms with Gasteiger partial charge in [0.05, 0.1) is 18.0 Å². The minimum atomic E-state index is -3.63. The van der Waals surface area contributed by atoms with E-state index in [0.29, 0.717) is 11.4 Å². The third-order valence-electron chi connectivity index (χ3n) is 5.26. The summed E-state index contributed by atoms with van der Waals surface area (Å²) in [5.74, 6) is 0.507. The fourth-order valence-electron chi connectivity index (χ4n) is 3.73. The molecule has 0 unspecified atom stereocenters. The van der Waals surface area contributed by atoms with E-state index in [0.717, 1.165) is 34.7 Å². The second kappa shape index (κ2) is 9.51. The molecule has 1 aliphatic carbocycles. The van der Waals surface area contributed by atoms with Gasteiger partial charge in [0.1, 0.15) is 12.3 Å². The first-order valence-electron chi connectivity index (χ1n) is 10.4. The van der Waals surface area contributed by atoms with Gasteiger partial charge in [-0.25, -0.2) is 8.42 Å². The van der Waals surface area contributed by atoms with Crippen LogP contribution < -0.4 is 14.4 Å². The Morgan fingerprint density at radius 2 is 1.73 bits per heavy atom. The highest BCUT2D eigenvalue weighted by molar-refractivity contribution is 7.92. The molecule has 0 atom stereocenters. The molecule has 2 aromatic rings. The maximum Gasteiger partial charge on any atom is 0.245 e. The minimum absolute atomic E-state index is 0.126. The summed E-state index contributed by atoms with van der Waals surface area (Å²) in [5.41, 5.74) is 2.01. The third kappa shape index (κ3) is 5.75. The van der Waals surface area contributed by atoms with Gasteiger partial charge >= 0.3 is 0 Å². The fourth-order valence-corrected chi connectivity index (χ4v) is 4.61. The predicted molar refractivity (Wildman–Crippen MR) is 121 cm³/mol. The summed E-state index contributed by atoms with van der Waals surface area (Å²) in [6.07, 6.45) is 5.96. The zero-order valence-corrected chi connectivity index (χ0v) is 18.6. The number of amides is 1. The maximum atomic E-state index is 12.6. The molecule has 0 bridgehead atoms. The van der Waals surface area contributed by atoms with Crippen LogP contribution in [0.2, 0.25) is 0 Å². The number of anilines is 2. The van der Waals surface area contributed by atoms with Crippen molar-refractivity contribution in [3.05, 3.63) is 54.1 Å². The first-order chi connectivity index (χ1) is 14.2. The maximum absolute atomic E-state index is 12.6. The number of hydrogen-bond acceptors (Lipinski definition) is 4. The molecule has 30 heavy (non-hydrogen) atoms. The minimum Gasteiger partial charge on any atom is -0.490 e. The van der Waals surface area contributed by atoms with E-state index in [1.807, 2.05) is 38.1 Å². The lowest BCUT2D eigenvalue weighted by Gasteiger charge is -2.25. The van der Waals surface area contributed by atoms with Gasteiger partial charge in [-0.2, -0.15) is 0 Å². The van der Waals surface area contributed by atoms with Crippen LogP contribution in [0.25, 0.3) is 0 Å². The number of carbonyl (C=O) groups excluding carboxylic acids is 1. The number of hydrogen-bond donors (Lipinski definition) is 1. The lowest BCUT2D eigenvalue weighted by atomic mass is 10.0. The van der Waals surface area contributed by atoms with Gasteiger partial charge in [-0.15, -0.1) is 0 Å². The normalized spacial score (nSPS) is 14.7. The summed E-state index contributed by atoms with van der Waals surface area (Å²) >= 11 is 0. The monoisotopic (exact) mass is 430 g/mol. The smallest absolute Gasteiger partial charge is 0.245 e. The van der Waals surface area contributed by atoms with Crippen molar-refractivity contribution in [1.82, 2.24) is 0 Å². The first kappa shape index (κ1) is 22.2. The molecule has 162 valence electrons. The molecule has 0 aromatic heterocycles. The highest BCUT2D eigenvalue weighted by Crippen LogP contribution is 2.29. The van der Waals surface area contributed by atoms with E-state index in [9.17, 15) is 13.2 Å². The molecule has 3 rings (SSSR count). The molecule has 1 N–H and O–H groups in total. The van der Waals surface area contributed by atoms with Crippen LogP contribution in [0.4, 0.5) is 11.4 Å². The average molecular weight is 431 g/mol. The van der Waals surface area contributed by atoms with Crippen molar-refractivity contribution in [3.8, 4) is 5.75 Å². The van der Waals surface area contributed by atoms with E-state index in [4.69, 9.17) is 4.74 Å². The summed E-state index contributed by atoms with van der Waals surface area (Å²) in [5, 5.41) is 2.78. The Hall–Kier alpha value is -2.54. The van der Waals surface area contributed by atoms with Crippen molar-refractivity contribution in [3.63, 3.8) is 0 Å². The molecule has 1 fully saturated rings. The van der Waals surface area contributed by atoms with Crippen LogP contribution in [0, 0.1) is 0 Å². The average Bonchev–Trinajstić information content (AvgIpc) is 3.20. The van der Waals surface area contributed by atoms with Gasteiger partial charge in [-0.05, 0) is 67.5 Å². The summed E-state index contributed by atoms with van der Waals surface area (Å²) < 4.78 is 32.0. The SMILES string of the molecule is CC(C)c1ccccc1N(CC(=O)Nc1ccc(OC2CCCC2)cc1)S(C)(=O)=O. The molecule has 0 aliphatic heterocycles. The summed E-state index contributed by atoms with van der Waals surface area (Å²) in [4.78, 5) is 12.6. The van der Waals surface area contributed by atoms with Gasteiger partial charge in [-0.1, -0.05) is 32.0 Å². The lowest BCUT2D eigenvalue weighted by molar-refractivity contribution is -0.114. The second-order valence-electron chi connectivity index (χ2n) is 8.08. The van der Waals surface area contributed by atoms with Gasteiger partial charge in [-0.3, -0.25) is 9.10 Å². The summed E-state index contributed by atoms with van der Waals surface area (Å²) in [6.45, 7) is 3.70. The number of nitrogens with zero attached hydrogens (tertiary/aromatic N) is 1. The van der Waals surface area contributed by atoms with Gasteiger partial charge < -0.3 is 10.1 Å². The standard InChI is InChI=1S/C23H30N2O4S/c1-17(2)21-10-6-7-11-22(21)25(30(3,27)28)16-23(26)24-18-12-14-20(15-13-18)29-19-8-4-5-9-19/h6-7,10-15,17,19H,4-5,8-9,16H2,1-3H3,(H,24,26). The van der Waals surface area contributed by atoms with Gasteiger partial charge in [0.25, 0.3) is 0 Å². The van der Waals surface area contributed by atoms with E-state index in [-0.39, 0.29) is 18.6 Å². The number of sulfonamides is 1. The quantitative estimate of drug-likeness (QED) is 0.667. The van der Waals surface area contributed by atoms with E-state index >= 15 is 0 Å². The summed E-state index contributed by atoms with van der Waals surface area (Å²) in [6, 6.07) is 14.5. The van der Waals surface area contributed by atoms with Crippen molar-refractivity contribution in [2.75, 3.05) is 22.4 Å². The Labute approximate surface area is 179 Å². The van der Waals surface area contributed by atoms with Crippen LogP contribution in [0.5, 0.6) is 5.75 Å². The summed E-state index contributed by atoms with van der Waals surface area (Å²) in [7, 11) is -3.63. The number of carbonyl (C=O) groups is 1. The topological polar surface area (TPSA) is 75.7 Å². The number of ether oxygens (including phenoxy) is 1. The molecular weight excluding hydrogens is 400 g/mol. The van der Waals surface area contributed by atoms with Crippen molar-refractivity contribution in [1.29, 1.82) is 0 Å². The Kier molecular flexibility index (Phi) is 7.02. The van der Waals surface area contributed by atoms with Crippen molar-refractivity contribution in [2.45, 2.75) is 51.6 Å². The van der Waals surface area contributed by atoms with Crippen molar-refractivity contribution >= 4 is 27.3 Å². The van der Waals surface area contributed by atoms with Crippen LogP contribution in [0.15, 0.2) is 48.5 Å². The molecule has 1 saturated carbocycles. The van der Waals surface area contributed by atoms with E-state index in [1.54, 1.807) is 24.3 Å². The van der Waals surface area contributed by atoms with Crippen LogP contribution in [0.3, 0.4) is 0 Å². The molecule has 0 heterocycles. The third-order valence-corrected chi connectivity index (χ3v) is 6.38. The van der Waals surface area contributed by atoms with Gasteiger partial charge in [0.15, 0.2) is 0 Å².